The van der Waals surface area contributed by atoms with Crippen LogP contribution in [-0.4, -0.2) is 23.1 Å². The highest BCUT2D eigenvalue weighted by atomic mass is 32.2. The molecule has 0 bridgehead atoms. The van der Waals surface area contributed by atoms with Gasteiger partial charge in [-0.1, -0.05) is 13.3 Å². The van der Waals surface area contributed by atoms with Crippen molar-refractivity contribution in [3.63, 3.8) is 0 Å². The summed E-state index contributed by atoms with van der Waals surface area (Å²) in [4.78, 5) is 25.1. The zero-order valence-electron chi connectivity index (χ0n) is 15.6. The fraction of sp³-hybridized carbons (Fsp3) is 0.556. The van der Waals surface area contributed by atoms with Crippen molar-refractivity contribution in [2.75, 3.05) is 0 Å². The number of hydrogen-bond donors (Lipinski definition) is 1. The highest BCUT2D eigenvalue weighted by molar-refractivity contribution is 7.89. The molecule has 1 fully saturated rings. The lowest BCUT2D eigenvalue weighted by Gasteiger charge is -2.16. The van der Waals surface area contributed by atoms with Crippen LogP contribution in [0.4, 0.5) is 0 Å². The Morgan fingerprint density at radius 2 is 1.81 bits per heavy atom. The molecule has 0 spiro atoms. The van der Waals surface area contributed by atoms with Crippen molar-refractivity contribution in [3.05, 3.63) is 39.0 Å². The smallest absolute Gasteiger partial charge is 0.293 e. The van der Waals surface area contributed by atoms with Crippen LogP contribution in [0.2, 0.25) is 0 Å². The van der Waals surface area contributed by atoms with Crippen molar-refractivity contribution >= 4 is 20.9 Å². The van der Waals surface area contributed by atoms with Gasteiger partial charge in [0.25, 0.3) is 5.56 Å². The predicted octanol–water partition coefficient (Wildman–Crippen LogP) is 1.67. The first-order valence-corrected chi connectivity index (χ1v) is 10.5. The van der Waals surface area contributed by atoms with E-state index in [0.29, 0.717) is 18.0 Å². The molecule has 0 amide bonds. The Labute approximate surface area is 152 Å². The average Bonchev–Trinajstić information content (AvgIpc) is 3.24. The summed E-state index contributed by atoms with van der Waals surface area (Å²) < 4.78 is 31.0. The molecule has 1 saturated carbocycles. The molecule has 1 aromatic carbocycles. The summed E-state index contributed by atoms with van der Waals surface area (Å²) in [5, 5.41) is 0.240. The van der Waals surface area contributed by atoms with Crippen molar-refractivity contribution in [1.29, 1.82) is 0 Å². The van der Waals surface area contributed by atoms with Gasteiger partial charge in [0.15, 0.2) is 0 Å². The fourth-order valence-electron chi connectivity index (χ4n) is 3.69. The van der Waals surface area contributed by atoms with Crippen molar-refractivity contribution in [2.24, 2.45) is 5.92 Å². The van der Waals surface area contributed by atoms with Crippen LogP contribution in [0.1, 0.15) is 40.5 Å². The van der Waals surface area contributed by atoms with E-state index in [-0.39, 0.29) is 22.5 Å². The lowest BCUT2D eigenvalue weighted by molar-refractivity contribution is 0.532. The molecule has 2 atom stereocenters. The third-order valence-corrected chi connectivity index (χ3v) is 7.02. The first-order valence-electron chi connectivity index (χ1n) is 8.99. The van der Waals surface area contributed by atoms with Crippen molar-refractivity contribution in [2.45, 2.75) is 64.1 Å². The van der Waals surface area contributed by atoms with Gasteiger partial charge >= 0.3 is 5.69 Å². The molecule has 3 rings (SSSR count). The molecule has 0 saturated heterocycles. The van der Waals surface area contributed by atoms with Crippen LogP contribution in [0.15, 0.2) is 32.7 Å². The van der Waals surface area contributed by atoms with E-state index in [9.17, 15) is 18.0 Å². The van der Waals surface area contributed by atoms with E-state index >= 15 is 0 Å². The van der Waals surface area contributed by atoms with Gasteiger partial charge in [0, 0.05) is 18.6 Å². The van der Waals surface area contributed by atoms with E-state index in [1.165, 1.54) is 16.7 Å². The highest BCUT2D eigenvalue weighted by Crippen LogP contribution is 2.46. The van der Waals surface area contributed by atoms with Crippen LogP contribution in [0, 0.1) is 5.92 Å². The molecule has 1 N–H and O–H groups in total. The number of aromatic nitrogens is 2. The first kappa shape index (κ1) is 18.8. The summed E-state index contributed by atoms with van der Waals surface area (Å²) in [5.41, 5.74) is -0.806. The minimum absolute atomic E-state index is 0.0500. The number of benzene rings is 1. The largest absolute Gasteiger partial charge is 0.331 e. The summed E-state index contributed by atoms with van der Waals surface area (Å²) >= 11 is 0. The van der Waals surface area contributed by atoms with Crippen LogP contribution in [0.5, 0.6) is 0 Å². The molecular weight excluding hydrogens is 354 g/mol. The Morgan fingerprint density at radius 1 is 1.15 bits per heavy atom. The molecular formula is C18H25N3O4S. The molecule has 7 nitrogen and oxygen atoms in total. The maximum absolute atomic E-state index is 12.8. The number of nitrogens with zero attached hydrogens (tertiary/aromatic N) is 2. The van der Waals surface area contributed by atoms with Gasteiger partial charge in [0.05, 0.1) is 15.8 Å². The minimum atomic E-state index is -3.74. The van der Waals surface area contributed by atoms with E-state index in [0.717, 1.165) is 17.4 Å². The van der Waals surface area contributed by atoms with Crippen molar-refractivity contribution in [3.8, 4) is 0 Å². The second-order valence-electron chi connectivity index (χ2n) is 7.09. The van der Waals surface area contributed by atoms with E-state index in [4.69, 9.17) is 0 Å². The highest BCUT2D eigenvalue weighted by Gasteiger charge is 2.51. The summed E-state index contributed by atoms with van der Waals surface area (Å²) in [6.07, 6.45) is 1.73. The van der Waals surface area contributed by atoms with Gasteiger partial charge in [-0.25, -0.2) is 17.9 Å². The summed E-state index contributed by atoms with van der Waals surface area (Å²) in [5.74, 6) is 0.334. The molecule has 0 radical (unpaired) electrons. The van der Waals surface area contributed by atoms with E-state index in [1.807, 2.05) is 20.8 Å². The number of nitrogens with one attached hydrogen (secondary N) is 1. The lowest BCUT2D eigenvalue weighted by atomic mass is 10.2. The molecule has 8 heteroatoms. The Kier molecular flexibility index (Phi) is 4.60. The standard InChI is InChI=1S/C18H25N3O4S/c1-5-12-11-18(12,4)19-26(24,25)13-8-9-15-14(10-13)16(22)21(7-3)17(23)20(15)6-2/h8-10,12,19H,5-7,11H2,1-4H3/t12-,18+/m1/s1. The van der Waals surface area contributed by atoms with Gasteiger partial charge in [-0.05, 0) is 51.3 Å². The van der Waals surface area contributed by atoms with Crippen LogP contribution in [-0.2, 0) is 23.1 Å². The molecule has 1 heterocycles. The number of rotatable bonds is 6. The summed E-state index contributed by atoms with van der Waals surface area (Å²) in [7, 11) is -3.74. The third-order valence-electron chi connectivity index (χ3n) is 5.41. The SMILES string of the molecule is CC[C@@H]1C[C@]1(C)NS(=O)(=O)c1ccc2c(c1)c(=O)n(CC)c(=O)n2CC. The number of hydrogen-bond acceptors (Lipinski definition) is 4. The maximum Gasteiger partial charge on any atom is 0.331 e. The van der Waals surface area contributed by atoms with E-state index in [1.54, 1.807) is 13.0 Å². The second-order valence-corrected chi connectivity index (χ2v) is 8.77. The van der Waals surface area contributed by atoms with Crippen molar-refractivity contribution in [1.82, 2.24) is 13.9 Å². The number of sulfonamides is 1. The van der Waals surface area contributed by atoms with Gasteiger partial charge in [0.2, 0.25) is 10.0 Å². The van der Waals surface area contributed by atoms with E-state index < -0.39 is 21.1 Å². The second kappa shape index (κ2) is 6.35. The Hall–Kier alpha value is -1.93. The third kappa shape index (κ3) is 2.91. The normalized spacial score (nSPS) is 22.7. The van der Waals surface area contributed by atoms with Gasteiger partial charge in [-0.15, -0.1) is 0 Å². The Bertz CT molecular complexity index is 1080. The molecule has 1 aliphatic rings. The van der Waals surface area contributed by atoms with E-state index in [2.05, 4.69) is 4.72 Å². The van der Waals surface area contributed by atoms with Crippen LogP contribution < -0.4 is 16.0 Å². The molecule has 1 aromatic heterocycles. The molecule has 26 heavy (non-hydrogen) atoms. The average molecular weight is 379 g/mol. The van der Waals surface area contributed by atoms with Gasteiger partial charge in [0.1, 0.15) is 0 Å². The fourth-order valence-corrected chi connectivity index (χ4v) is 5.20. The van der Waals surface area contributed by atoms with Crippen LogP contribution in [0.25, 0.3) is 10.9 Å². The molecule has 0 aliphatic heterocycles. The lowest BCUT2D eigenvalue weighted by Crippen LogP contribution is -2.39. The zero-order valence-corrected chi connectivity index (χ0v) is 16.4. The molecule has 0 unspecified atom stereocenters. The summed E-state index contributed by atoms with van der Waals surface area (Å²) in [6.45, 7) is 8.11. The van der Waals surface area contributed by atoms with Gasteiger partial charge in [-0.3, -0.25) is 13.9 Å². The van der Waals surface area contributed by atoms with Crippen LogP contribution >= 0.6 is 0 Å². The quantitative estimate of drug-likeness (QED) is 0.827. The Balaban J connectivity index is 2.15. The van der Waals surface area contributed by atoms with Crippen molar-refractivity contribution < 1.29 is 8.42 Å². The number of aryl methyl sites for hydroxylation is 1. The van der Waals surface area contributed by atoms with Gasteiger partial charge < -0.3 is 0 Å². The van der Waals surface area contributed by atoms with Crippen LogP contribution in [0.3, 0.4) is 0 Å². The zero-order chi connectivity index (χ0) is 19.3. The number of fused-ring (bicyclic) bond motifs is 1. The summed E-state index contributed by atoms with van der Waals surface area (Å²) in [6, 6.07) is 4.38. The molecule has 142 valence electrons. The maximum atomic E-state index is 12.8. The van der Waals surface area contributed by atoms with Gasteiger partial charge in [-0.2, -0.15) is 0 Å². The first-order chi connectivity index (χ1) is 12.2. The molecule has 2 aromatic rings. The molecule has 1 aliphatic carbocycles. The topological polar surface area (TPSA) is 90.2 Å². The predicted molar refractivity (Wildman–Crippen MR) is 101 cm³/mol. The minimum Gasteiger partial charge on any atom is -0.293 e. The Morgan fingerprint density at radius 3 is 2.35 bits per heavy atom. The monoisotopic (exact) mass is 379 g/mol.